The second-order valence-corrected chi connectivity index (χ2v) is 4.43. The number of nitrogens with two attached hydrogens (primary N) is 1. The molecule has 1 aromatic carbocycles. The van der Waals surface area contributed by atoms with E-state index in [2.05, 4.69) is 0 Å². The maximum atomic E-state index is 12.2. The van der Waals surface area contributed by atoms with E-state index in [0.717, 1.165) is 0 Å². The maximum absolute atomic E-state index is 12.2. The van der Waals surface area contributed by atoms with E-state index in [1.165, 1.54) is 0 Å². The number of carbonyl (C=O) groups is 1. The van der Waals surface area contributed by atoms with Gasteiger partial charge in [-0.3, -0.25) is 4.79 Å². The molecule has 3 heteroatoms. The van der Waals surface area contributed by atoms with E-state index in [4.69, 9.17) is 17.3 Å². The molecule has 82 valence electrons. The van der Waals surface area contributed by atoms with Gasteiger partial charge in [0.1, 0.15) is 5.00 Å². The Morgan fingerprint density at radius 2 is 1.94 bits per heavy atom. The normalized spacial score (nSPS) is 28.0. The van der Waals surface area contributed by atoms with Gasteiger partial charge in [-0.25, -0.2) is 0 Å². The molecule has 0 heterocycles. The molecule has 2 unspecified atom stereocenters. The predicted molar refractivity (Wildman–Crippen MR) is 65.3 cm³/mol. The molecule has 2 atom stereocenters. The number of carbonyl (C=O) groups excluding carboxylic acids is 1. The molecule has 0 aliphatic heterocycles. The lowest BCUT2D eigenvalue weighted by Crippen LogP contribution is -2.43. The van der Waals surface area contributed by atoms with Gasteiger partial charge >= 0.3 is 0 Å². The van der Waals surface area contributed by atoms with Crippen molar-refractivity contribution < 1.29 is 4.79 Å². The Balaban J connectivity index is 2.30. The highest BCUT2D eigenvalue weighted by atomic mass is 35.5. The average Bonchev–Trinajstić information content (AvgIpc) is 2.29. The van der Waals surface area contributed by atoms with Gasteiger partial charge in [-0.05, 0) is 6.08 Å². The zero-order chi connectivity index (χ0) is 11.6. The van der Waals surface area contributed by atoms with Crippen molar-refractivity contribution in [2.45, 2.75) is 5.00 Å². The fraction of sp³-hybridized carbons (Fsp3) is 0.154. The minimum absolute atomic E-state index is 0.0568. The van der Waals surface area contributed by atoms with Gasteiger partial charge < -0.3 is 5.73 Å². The number of allylic oxidation sites excluding steroid dienone is 2. The summed E-state index contributed by atoms with van der Waals surface area (Å²) in [7, 11) is 0. The number of benzene rings is 1. The molecule has 1 aliphatic carbocycles. The standard InChI is InChI=1S/C13H12ClNO/c14-13(15)9-5-4-8-11(13)12(16)10-6-2-1-3-7-10/h1-9,11H,15H2. The molecule has 0 amide bonds. The summed E-state index contributed by atoms with van der Waals surface area (Å²) in [5.41, 5.74) is 6.49. The Hall–Kier alpha value is -1.38. The van der Waals surface area contributed by atoms with Gasteiger partial charge in [-0.15, -0.1) is 0 Å². The lowest BCUT2D eigenvalue weighted by Gasteiger charge is -2.27. The third-order valence-corrected chi connectivity index (χ3v) is 2.94. The van der Waals surface area contributed by atoms with E-state index in [-0.39, 0.29) is 5.78 Å². The maximum Gasteiger partial charge on any atom is 0.173 e. The summed E-state index contributed by atoms with van der Waals surface area (Å²) >= 11 is 6.10. The molecule has 0 spiro atoms. The molecule has 2 N–H and O–H groups in total. The molecular formula is C13H12ClNO. The first-order valence-corrected chi connectivity index (χ1v) is 5.42. The summed E-state index contributed by atoms with van der Waals surface area (Å²) in [6.07, 6.45) is 6.92. The summed E-state index contributed by atoms with van der Waals surface area (Å²) in [5.74, 6) is -0.569. The molecule has 0 aromatic heterocycles. The highest BCUT2D eigenvalue weighted by Crippen LogP contribution is 2.29. The second kappa shape index (κ2) is 4.24. The van der Waals surface area contributed by atoms with E-state index < -0.39 is 10.9 Å². The highest BCUT2D eigenvalue weighted by molar-refractivity contribution is 6.27. The predicted octanol–water partition coefficient (Wildman–Crippen LogP) is 2.51. The van der Waals surface area contributed by atoms with Crippen LogP contribution in [-0.4, -0.2) is 10.8 Å². The molecule has 2 rings (SSSR count). The van der Waals surface area contributed by atoms with Gasteiger partial charge in [0.05, 0.1) is 5.92 Å². The zero-order valence-corrected chi connectivity index (χ0v) is 9.39. The number of ketones is 1. The first-order valence-electron chi connectivity index (χ1n) is 5.04. The van der Waals surface area contributed by atoms with Crippen LogP contribution >= 0.6 is 11.6 Å². The van der Waals surface area contributed by atoms with Crippen molar-refractivity contribution >= 4 is 17.4 Å². The fourth-order valence-corrected chi connectivity index (χ4v) is 1.94. The molecular weight excluding hydrogens is 222 g/mol. The van der Waals surface area contributed by atoms with Crippen molar-refractivity contribution in [1.82, 2.24) is 0 Å². The van der Waals surface area contributed by atoms with Crippen molar-refractivity contribution in [1.29, 1.82) is 0 Å². The van der Waals surface area contributed by atoms with E-state index in [1.807, 2.05) is 18.2 Å². The number of rotatable bonds is 2. The minimum Gasteiger partial charge on any atom is -0.309 e. The smallest absolute Gasteiger partial charge is 0.173 e. The van der Waals surface area contributed by atoms with Crippen LogP contribution in [0.15, 0.2) is 54.6 Å². The summed E-state index contributed by atoms with van der Waals surface area (Å²) in [5, 5.41) is 0. The quantitative estimate of drug-likeness (QED) is 0.485. The minimum atomic E-state index is -1.12. The van der Waals surface area contributed by atoms with Crippen molar-refractivity contribution in [3.63, 3.8) is 0 Å². The third kappa shape index (κ3) is 2.08. The van der Waals surface area contributed by atoms with Crippen LogP contribution in [0.25, 0.3) is 0 Å². The van der Waals surface area contributed by atoms with Crippen LogP contribution in [0.5, 0.6) is 0 Å². The SMILES string of the molecule is NC1(Cl)C=CC=CC1C(=O)c1ccccc1. The lowest BCUT2D eigenvalue weighted by molar-refractivity contribution is 0.0930. The number of hydrogen-bond acceptors (Lipinski definition) is 2. The van der Waals surface area contributed by atoms with Crippen LogP contribution in [0, 0.1) is 5.92 Å². The monoisotopic (exact) mass is 233 g/mol. The topological polar surface area (TPSA) is 43.1 Å². The second-order valence-electron chi connectivity index (χ2n) is 3.78. The van der Waals surface area contributed by atoms with Crippen LogP contribution in [0.1, 0.15) is 10.4 Å². The first kappa shape index (κ1) is 11.1. The van der Waals surface area contributed by atoms with Crippen LogP contribution < -0.4 is 5.73 Å². The van der Waals surface area contributed by atoms with Crippen molar-refractivity contribution in [3.8, 4) is 0 Å². The fourth-order valence-electron chi connectivity index (χ4n) is 1.70. The molecule has 0 bridgehead atoms. The van der Waals surface area contributed by atoms with E-state index in [9.17, 15) is 4.79 Å². The summed E-state index contributed by atoms with van der Waals surface area (Å²) < 4.78 is 0. The van der Waals surface area contributed by atoms with Crippen molar-refractivity contribution in [2.24, 2.45) is 11.7 Å². The van der Waals surface area contributed by atoms with Gasteiger partial charge in [0.25, 0.3) is 0 Å². The first-order chi connectivity index (χ1) is 7.61. The van der Waals surface area contributed by atoms with Crippen LogP contribution in [-0.2, 0) is 0 Å². The molecule has 1 aliphatic rings. The Labute approximate surface area is 99.4 Å². The zero-order valence-electron chi connectivity index (χ0n) is 8.64. The summed E-state index contributed by atoms with van der Waals surface area (Å²) in [6, 6.07) is 9.04. The van der Waals surface area contributed by atoms with Gasteiger partial charge in [-0.2, -0.15) is 0 Å². The van der Waals surface area contributed by atoms with Gasteiger partial charge in [-0.1, -0.05) is 60.2 Å². The van der Waals surface area contributed by atoms with Gasteiger partial charge in [0.2, 0.25) is 0 Å². The van der Waals surface area contributed by atoms with Crippen molar-refractivity contribution in [2.75, 3.05) is 0 Å². The third-order valence-electron chi connectivity index (χ3n) is 2.58. The van der Waals surface area contributed by atoms with Gasteiger partial charge in [0, 0.05) is 5.56 Å². The average molecular weight is 234 g/mol. The molecule has 0 fully saturated rings. The summed E-state index contributed by atoms with van der Waals surface area (Å²) in [4.78, 5) is 11.0. The Kier molecular flexibility index (Phi) is 2.95. The van der Waals surface area contributed by atoms with Crippen LogP contribution in [0.3, 0.4) is 0 Å². The Bertz CT molecular complexity index is 448. The molecule has 1 aromatic rings. The number of Topliss-reactive ketones (excluding diaryl/α,β-unsaturated/α-hetero) is 1. The Morgan fingerprint density at radius 1 is 1.25 bits per heavy atom. The van der Waals surface area contributed by atoms with E-state index in [1.54, 1.807) is 36.4 Å². The molecule has 2 nitrogen and oxygen atoms in total. The Morgan fingerprint density at radius 3 is 2.56 bits per heavy atom. The lowest BCUT2D eigenvalue weighted by atomic mass is 9.88. The molecule has 0 saturated carbocycles. The highest BCUT2D eigenvalue weighted by Gasteiger charge is 2.35. The summed E-state index contributed by atoms with van der Waals surface area (Å²) in [6.45, 7) is 0. The molecule has 0 saturated heterocycles. The number of hydrogen-bond donors (Lipinski definition) is 1. The number of halogens is 1. The van der Waals surface area contributed by atoms with E-state index in [0.29, 0.717) is 5.56 Å². The van der Waals surface area contributed by atoms with Crippen molar-refractivity contribution in [3.05, 3.63) is 60.2 Å². The largest absolute Gasteiger partial charge is 0.309 e. The van der Waals surface area contributed by atoms with Crippen LogP contribution in [0.4, 0.5) is 0 Å². The van der Waals surface area contributed by atoms with Gasteiger partial charge in [0.15, 0.2) is 5.78 Å². The number of alkyl halides is 1. The molecule has 0 radical (unpaired) electrons. The van der Waals surface area contributed by atoms with Crippen LogP contribution in [0.2, 0.25) is 0 Å². The molecule has 16 heavy (non-hydrogen) atoms. The van der Waals surface area contributed by atoms with E-state index >= 15 is 0 Å².